The van der Waals surface area contributed by atoms with E-state index in [4.69, 9.17) is 4.98 Å². The molecule has 1 unspecified atom stereocenters. The minimum Gasteiger partial charge on any atom is -0.316 e. The number of hydrogen-bond donors (Lipinski definition) is 1. The van der Waals surface area contributed by atoms with Crippen molar-refractivity contribution in [3.63, 3.8) is 0 Å². The van der Waals surface area contributed by atoms with E-state index in [0.717, 1.165) is 38.6 Å². The number of aromatic nitrogens is 2. The number of hydrogen-bond acceptors (Lipinski definition) is 6. The lowest BCUT2D eigenvalue weighted by molar-refractivity contribution is 0.222. The van der Waals surface area contributed by atoms with Gasteiger partial charge in [-0.15, -0.1) is 35.1 Å². The summed E-state index contributed by atoms with van der Waals surface area (Å²) in [5, 5.41) is 4.72. The van der Waals surface area contributed by atoms with Crippen LogP contribution < -0.4 is 5.32 Å². The average Bonchev–Trinajstić information content (AvgIpc) is 3.22. The third kappa shape index (κ3) is 5.73. The molecule has 2 aromatic rings. The fraction of sp³-hybridized carbons (Fsp3) is 0.667. The van der Waals surface area contributed by atoms with Crippen molar-refractivity contribution in [3.05, 3.63) is 32.2 Å². The first-order chi connectivity index (χ1) is 11.4. The summed E-state index contributed by atoms with van der Waals surface area (Å²) >= 11 is 3.63. The lowest BCUT2D eigenvalue weighted by Gasteiger charge is -2.24. The first-order valence-corrected chi connectivity index (χ1v) is 10.4. The highest BCUT2D eigenvalue weighted by molar-refractivity contribution is 7.11. The minimum absolute atomic E-state index is 0. The van der Waals surface area contributed by atoms with Crippen molar-refractivity contribution in [2.45, 2.75) is 52.6 Å². The lowest BCUT2D eigenvalue weighted by atomic mass is 9.96. The highest BCUT2D eigenvalue weighted by atomic mass is 35.5. The van der Waals surface area contributed by atoms with E-state index in [1.807, 2.05) is 16.8 Å². The molecule has 1 aliphatic heterocycles. The molecule has 0 aromatic carbocycles. The third-order valence-corrected chi connectivity index (χ3v) is 6.87. The Morgan fingerprint density at radius 1 is 1.28 bits per heavy atom. The third-order valence-electron chi connectivity index (χ3n) is 4.54. The van der Waals surface area contributed by atoms with E-state index in [-0.39, 0.29) is 17.8 Å². The van der Waals surface area contributed by atoms with E-state index in [2.05, 4.69) is 49.1 Å². The zero-order valence-electron chi connectivity index (χ0n) is 15.5. The molecule has 1 fully saturated rings. The van der Waals surface area contributed by atoms with Gasteiger partial charge in [-0.3, -0.25) is 4.90 Å². The SMILES string of the molecule is Cc1ncsc1CN(Cc1ncc(C(C)(C)C)s1)CC1CCNC1.Cl. The molecule has 7 heteroatoms. The van der Waals surface area contributed by atoms with Crippen LogP contribution >= 0.6 is 35.1 Å². The van der Waals surface area contributed by atoms with Gasteiger partial charge in [-0.1, -0.05) is 20.8 Å². The molecule has 0 bridgehead atoms. The molecule has 0 aliphatic carbocycles. The van der Waals surface area contributed by atoms with Crippen molar-refractivity contribution in [2.24, 2.45) is 5.92 Å². The first kappa shape index (κ1) is 20.8. The van der Waals surface area contributed by atoms with E-state index in [1.165, 1.54) is 26.9 Å². The molecule has 3 rings (SSSR count). The van der Waals surface area contributed by atoms with Gasteiger partial charge in [0.25, 0.3) is 0 Å². The van der Waals surface area contributed by atoms with Crippen molar-refractivity contribution in [1.82, 2.24) is 20.2 Å². The Kier molecular flexibility index (Phi) is 7.40. The Hall–Kier alpha value is -0.530. The van der Waals surface area contributed by atoms with Crippen LogP contribution in [-0.4, -0.2) is 34.5 Å². The fourth-order valence-corrected chi connectivity index (χ4v) is 4.86. The number of nitrogens with one attached hydrogen (secondary N) is 1. The Morgan fingerprint density at radius 3 is 2.64 bits per heavy atom. The zero-order chi connectivity index (χ0) is 17.2. The summed E-state index contributed by atoms with van der Waals surface area (Å²) < 4.78 is 0. The number of thiazole rings is 2. The van der Waals surface area contributed by atoms with Gasteiger partial charge in [0.2, 0.25) is 0 Å². The molecule has 25 heavy (non-hydrogen) atoms. The normalized spacial score (nSPS) is 17.9. The van der Waals surface area contributed by atoms with Crippen molar-refractivity contribution in [1.29, 1.82) is 0 Å². The van der Waals surface area contributed by atoms with Crippen molar-refractivity contribution in [3.8, 4) is 0 Å². The van der Waals surface area contributed by atoms with Gasteiger partial charge >= 0.3 is 0 Å². The van der Waals surface area contributed by atoms with Gasteiger partial charge in [0.05, 0.1) is 17.7 Å². The summed E-state index contributed by atoms with van der Waals surface area (Å²) in [6.45, 7) is 14.2. The summed E-state index contributed by atoms with van der Waals surface area (Å²) in [4.78, 5) is 14.4. The Morgan fingerprint density at radius 2 is 2.08 bits per heavy atom. The molecule has 2 aromatic heterocycles. The van der Waals surface area contributed by atoms with Crippen LogP contribution in [0.1, 0.15) is 47.6 Å². The Bertz CT molecular complexity index is 656. The summed E-state index contributed by atoms with van der Waals surface area (Å²) in [6.07, 6.45) is 3.34. The molecule has 0 saturated carbocycles. The second-order valence-corrected chi connectivity index (χ2v) is 9.81. The molecule has 1 saturated heterocycles. The summed E-state index contributed by atoms with van der Waals surface area (Å²) in [5.41, 5.74) is 3.31. The molecular formula is C18H29ClN4S2. The van der Waals surface area contributed by atoms with Crippen LogP contribution in [0.25, 0.3) is 0 Å². The van der Waals surface area contributed by atoms with Crippen LogP contribution in [0.15, 0.2) is 11.7 Å². The zero-order valence-corrected chi connectivity index (χ0v) is 18.0. The van der Waals surface area contributed by atoms with Gasteiger partial charge < -0.3 is 5.32 Å². The topological polar surface area (TPSA) is 41.1 Å². The second-order valence-electron chi connectivity index (χ2n) is 7.76. The number of halogens is 1. The van der Waals surface area contributed by atoms with Crippen molar-refractivity contribution < 1.29 is 0 Å². The summed E-state index contributed by atoms with van der Waals surface area (Å²) in [5.74, 6) is 0.750. The van der Waals surface area contributed by atoms with Crippen molar-refractivity contribution in [2.75, 3.05) is 19.6 Å². The summed E-state index contributed by atoms with van der Waals surface area (Å²) in [7, 11) is 0. The molecule has 0 amide bonds. The number of aryl methyl sites for hydroxylation is 1. The monoisotopic (exact) mass is 400 g/mol. The maximum Gasteiger partial charge on any atom is 0.107 e. The standard InChI is InChI=1S/C18H28N4S2.ClH/c1-13-15(23-12-21-13)10-22(9-14-5-6-19-7-14)11-17-20-8-16(24-17)18(2,3)4;/h8,12,14,19H,5-7,9-11H2,1-4H3;1H. The fourth-order valence-electron chi connectivity index (χ4n) is 3.02. The van der Waals surface area contributed by atoms with Crippen LogP contribution in [0, 0.1) is 12.8 Å². The van der Waals surface area contributed by atoms with Gasteiger partial charge in [0.15, 0.2) is 0 Å². The van der Waals surface area contributed by atoms with E-state index >= 15 is 0 Å². The number of rotatable bonds is 6. The van der Waals surface area contributed by atoms with Gasteiger partial charge in [-0.25, -0.2) is 9.97 Å². The van der Waals surface area contributed by atoms with Gasteiger partial charge in [0.1, 0.15) is 5.01 Å². The highest BCUT2D eigenvalue weighted by Crippen LogP contribution is 2.29. The average molecular weight is 401 g/mol. The lowest BCUT2D eigenvalue weighted by Crippen LogP contribution is -2.29. The smallest absolute Gasteiger partial charge is 0.107 e. The quantitative estimate of drug-likeness (QED) is 0.787. The van der Waals surface area contributed by atoms with Crippen LogP contribution in [0.4, 0.5) is 0 Å². The maximum atomic E-state index is 4.70. The van der Waals surface area contributed by atoms with E-state index in [1.54, 1.807) is 11.3 Å². The van der Waals surface area contributed by atoms with Gasteiger partial charge in [-0.05, 0) is 37.8 Å². The maximum absolute atomic E-state index is 4.70. The molecule has 0 radical (unpaired) electrons. The molecule has 3 heterocycles. The second kappa shape index (κ2) is 8.91. The predicted molar refractivity (Wildman–Crippen MR) is 110 cm³/mol. The molecular weight excluding hydrogens is 372 g/mol. The van der Waals surface area contributed by atoms with Crippen LogP contribution in [0.3, 0.4) is 0 Å². The summed E-state index contributed by atoms with van der Waals surface area (Å²) in [6, 6.07) is 0. The van der Waals surface area contributed by atoms with Crippen LogP contribution in [-0.2, 0) is 18.5 Å². The van der Waals surface area contributed by atoms with Crippen LogP contribution in [0.5, 0.6) is 0 Å². The molecule has 4 nitrogen and oxygen atoms in total. The first-order valence-electron chi connectivity index (χ1n) is 8.69. The molecule has 1 N–H and O–H groups in total. The van der Waals surface area contributed by atoms with E-state index in [9.17, 15) is 0 Å². The number of nitrogens with zero attached hydrogens (tertiary/aromatic N) is 3. The molecule has 1 aliphatic rings. The predicted octanol–water partition coefficient (Wildman–Crippen LogP) is 4.24. The molecule has 1 atom stereocenters. The minimum atomic E-state index is 0. The highest BCUT2D eigenvalue weighted by Gasteiger charge is 2.22. The van der Waals surface area contributed by atoms with E-state index in [0.29, 0.717) is 0 Å². The Balaban J connectivity index is 0.00000225. The van der Waals surface area contributed by atoms with Gasteiger partial charge in [-0.2, -0.15) is 0 Å². The van der Waals surface area contributed by atoms with Gasteiger partial charge in [0, 0.05) is 29.0 Å². The van der Waals surface area contributed by atoms with E-state index < -0.39 is 0 Å². The van der Waals surface area contributed by atoms with Crippen LogP contribution in [0.2, 0.25) is 0 Å². The largest absolute Gasteiger partial charge is 0.316 e. The molecule has 0 spiro atoms. The Labute approximate surface area is 165 Å². The van der Waals surface area contributed by atoms with Crippen molar-refractivity contribution >= 4 is 35.1 Å². The molecule has 140 valence electrons.